The predicted molar refractivity (Wildman–Crippen MR) is 64.0 cm³/mol. The molecule has 1 heterocycles. The molecule has 2 N–H and O–H groups in total. The van der Waals surface area contributed by atoms with Gasteiger partial charge in [-0.05, 0) is 19.8 Å². The van der Waals surface area contributed by atoms with Crippen molar-refractivity contribution in [3.05, 3.63) is 33.7 Å². The predicted octanol–water partition coefficient (Wildman–Crippen LogP) is 2.15. The number of rotatable bonds is 5. The normalized spacial score (nSPS) is 11.4. The number of H-pyrrole nitrogens is 1. The number of amides is 1. The zero-order chi connectivity index (χ0) is 14.5. The van der Waals surface area contributed by atoms with E-state index in [1.807, 2.05) is 0 Å². The van der Waals surface area contributed by atoms with Gasteiger partial charge in [0.15, 0.2) is 5.43 Å². The van der Waals surface area contributed by atoms with Gasteiger partial charge in [-0.3, -0.25) is 9.59 Å². The highest BCUT2D eigenvalue weighted by molar-refractivity contribution is 5.93. The fourth-order valence-electron chi connectivity index (χ4n) is 1.50. The van der Waals surface area contributed by atoms with E-state index in [0.29, 0.717) is 5.69 Å². The summed E-state index contributed by atoms with van der Waals surface area (Å²) in [6, 6.07) is 1.29. The van der Waals surface area contributed by atoms with Crippen molar-refractivity contribution in [2.24, 2.45) is 0 Å². The number of carbonyl (C=O) groups is 1. The summed E-state index contributed by atoms with van der Waals surface area (Å²) >= 11 is 0. The number of pyridine rings is 1. The Morgan fingerprint density at radius 3 is 2.63 bits per heavy atom. The fourth-order valence-corrected chi connectivity index (χ4v) is 1.50. The lowest BCUT2D eigenvalue weighted by atomic mass is 10.2. The van der Waals surface area contributed by atoms with Gasteiger partial charge in [0.25, 0.3) is 5.91 Å². The molecule has 0 atom stereocenters. The van der Waals surface area contributed by atoms with Crippen LogP contribution >= 0.6 is 0 Å². The number of halogens is 3. The van der Waals surface area contributed by atoms with Crippen LogP contribution in [0.4, 0.5) is 13.2 Å². The van der Waals surface area contributed by atoms with Gasteiger partial charge in [0.2, 0.25) is 0 Å². The van der Waals surface area contributed by atoms with Crippen LogP contribution in [0.1, 0.15) is 35.3 Å². The van der Waals surface area contributed by atoms with E-state index in [1.54, 1.807) is 6.92 Å². The Morgan fingerprint density at radius 1 is 1.37 bits per heavy atom. The maximum Gasteiger partial charge on any atom is 0.389 e. The van der Waals surface area contributed by atoms with Gasteiger partial charge in [0.05, 0.1) is 0 Å². The number of hydrogen-bond acceptors (Lipinski definition) is 2. The number of hydrogen-bond donors (Lipinski definition) is 2. The van der Waals surface area contributed by atoms with E-state index in [1.165, 1.54) is 12.3 Å². The molecule has 0 spiro atoms. The zero-order valence-corrected chi connectivity index (χ0v) is 10.4. The monoisotopic (exact) mass is 276 g/mol. The van der Waals surface area contributed by atoms with Crippen molar-refractivity contribution in [2.45, 2.75) is 32.4 Å². The van der Waals surface area contributed by atoms with Gasteiger partial charge in [0.1, 0.15) is 5.56 Å². The summed E-state index contributed by atoms with van der Waals surface area (Å²) in [5.74, 6) is -0.576. The minimum absolute atomic E-state index is 0.0404. The first-order valence-electron chi connectivity index (χ1n) is 5.84. The third kappa shape index (κ3) is 5.58. The summed E-state index contributed by atoms with van der Waals surface area (Å²) in [6.45, 7) is 1.79. The zero-order valence-electron chi connectivity index (χ0n) is 10.4. The van der Waals surface area contributed by atoms with Crippen molar-refractivity contribution >= 4 is 5.91 Å². The molecule has 0 saturated carbocycles. The van der Waals surface area contributed by atoms with Gasteiger partial charge < -0.3 is 10.3 Å². The first kappa shape index (κ1) is 15.3. The van der Waals surface area contributed by atoms with Gasteiger partial charge in [-0.2, -0.15) is 13.2 Å². The molecule has 0 fully saturated rings. The van der Waals surface area contributed by atoms with Crippen molar-refractivity contribution in [2.75, 3.05) is 6.54 Å². The molecular formula is C12H15F3N2O2. The first-order valence-corrected chi connectivity index (χ1v) is 5.84. The summed E-state index contributed by atoms with van der Waals surface area (Å²) in [7, 11) is 0. The Hall–Kier alpha value is -1.79. The Kier molecular flexibility index (Phi) is 5.14. The van der Waals surface area contributed by atoms with Crippen molar-refractivity contribution in [3.63, 3.8) is 0 Å². The SMILES string of the molecule is Cc1cc(=O)c(C(=O)NCCCCC(F)(F)F)c[nH]1. The molecule has 0 aliphatic carbocycles. The van der Waals surface area contributed by atoms with E-state index in [4.69, 9.17) is 0 Å². The number of aromatic amines is 1. The van der Waals surface area contributed by atoms with Crippen molar-refractivity contribution < 1.29 is 18.0 Å². The van der Waals surface area contributed by atoms with E-state index in [-0.39, 0.29) is 24.9 Å². The third-order valence-corrected chi connectivity index (χ3v) is 2.47. The smallest absolute Gasteiger partial charge is 0.364 e. The lowest BCUT2D eigenvalue weighted by Gasteiger charge is -2.07. The highest BCUT2D eigenvalue weighted by Gasteiger charge is 2.25. The summed E-state index contributed by atoms with van der Waals surface area (Å²) in [4.78, 5) is 25.8. The van der Waals surface area contributed by atoms with E-state index in [9.17, 15) is 22.8 Å². The van der Waals surface area contributed by atoms with E-state index in [0.717, 1.165) is 0 Å². The number of carbonyl (C=O) groups excluding carboxylic acids is 1. The molecule has 0 saturated heterocycles. The molecule has 19 heavy (non-hydrogen) atoms. The van der Waals surface area contributed by atoms with Gasteiger partial charge in [-0.15, -0.1) is 0 Å². The second-order valence-corrected chi connectivity index (χ2v) is 4.22. The minimum Gasteiger partial charge on any atom is -0.364 e. The van der Waals surface area contributed by atoms with Crippen LogP contribution in [0.15, 0.2) is 17.1 Å². The van der Waals surface area contributed by atoms with Gasteiger partial charge in [-0.1, -0.05) is 0 Å². The van der Waals surface area contributed by atoms with Crippen molar-refractivity contribution in [3.8, 4) is 0 Å². The van der Waals surface area contributed by atoms with Crippen LogP contribution in [0.3, 0.4) is 0 Å². The molecule has 1 aromatic rings. The Bertz CT molecular complexity index is 494. The largest absolute Gasteiger partial charge is 0.389 e. The summed E-state index contributed by atoms with van der Waals surface area (Å²) in [5, 5.41) is 2.42. The average molecular weight is 276 g/mol. The number of aromatic nitrogens is 1. The maximum atomic E-state index is 11.9. The Morgan fingerprint density at radius 2 is 2.05 bits per heavy atom. The van der Waals surface area contributed by atoms with Crippen molar-refractivity contribution in [1.29, 1.82) is 0 Å². The van der Waals surface area contributed by atoms with E-state index >= 15 is 0 Å². The molecule has 106 valence electrons. The molecule has 0 radical (unpaired) electrons. The summed E-state index contributed by atoms with van der Waals surface area (Å²) in [6.07, 6.45) is -3.57. The van der Waals surface area contributed by atoms with Gasteiger partial charge in [-0.25, -0.2) is 0 Å². The molecular weight excluding hydrogens is 261 g/mol. The molecule has 1 aromatic heterocycles. The van der Waals surface area contributed by atoms with Crippen LogP contribution in [0.25, 0.3) is 0 Å². The average Bonchev–Trinajstić information content (AvgIpc) is 2.26. The van der Waals surface area contributed by atoms with Crippen molar-refractivity contribution in [1.82, 2.24) is 10.3 Å². The molecule has 0 aliphatic heterocycles. The molecule has 0 unspecified atom stereocenters. The van der Waals surface area contributed by atoms with Crippen LogP contribution in [-0.4, -0.2) is 23.6 Å². The molecule has 1 amide bonds. The molecule has 1 rings (SSSR count). The second kappa shape index (κ2) is 6.40. The lowest BCUT2D eigenvalue weighted by molar-refractivity contribution is -0.135. The maximum absolute atomic E-state index is 11.9. The van der Waals surface area contributed by atoms with Crippen LogP contribution in [0.5, 0.6) is 0 Å². The van der Waals surface area contributed by atoms with Gasteiger partial charge >= 0.3 is 6.18 Å². The van der Waals surface area contributed by atoms with Crippen LogP contribution in [0.2, 0.25) is 0 Å². The van der Waals surface area contributed by atoms with E-state index < -0.39 is 23.9 Å². The number of aryl methyl sites for hydroxylation is 1. The molecule has 0 bridgehead atoms. The standard InChI is InChI=1S/C12H15F3N2O2/c1-8-6-10(18)9(7-17-8)11(19)16-5-3-2-4-12(13,14)15/h6-7H,2-5H2,1H3,(H,16,19)(H,17,18). The molecule has 7 heteroatoms. The van der Waals surface area contributed by atoms with Crippen LogP contribution in [0, 0.1) is 6.92 Å². The van der Waals surface area contributed by atoms with Gasteiger partial charge in [0, 0.05) is 30.9 Å². The molecule has 0 aromatic carbocycles. The first-order chi connectivity index (χ1) is 8.79. The Labute approximate surface area is 108 Å². The fraction of sp³-hybridized carbons (Fsp3) is 0.500. The third-order valence-electron chi connectivity index (χ3n) is 2.47. The highest BCUT2D eigenvalue weighted by Crippen LogP contribution is 2.21. The second-order valence-electron chi connectivity index (χ2n) is 4.22. The van der Waals surface area contributed by atoms with E-state index in [2.05, 4.69) is 10.3 Å². The van der Waals surface area contributed by atoms with Crippen LogP contribution < -0.4 is 10.7 Å². The summed E-state index contributed by atoms with van der Waals surface area (Å²) < 4.78 is 35.6. The number of unbranched alkanes of at least 4 members (excludes halogenated alkanes) is 1. The number of nitrogens with one attached hydrogen (secondary N) is 2. The van der Waals surface area contributed by atoms with Crippen LogP contribution in [-0.2, 0) is 0 Å². The highest BCUT2D eigenvalue weighted by atomic mass is 19.4. The summed E-state index contributed by atoms with van der Waals surface area (Å²) in [5.41, 5.74) is 0.178. The Balaban J connectivity index is 2.38. The lowest BCUT2D eigenvalue weighted by Crippen LogP contribution is -2.29. The quantitative estimate of drug-likeness (QED) is 0.809. The minimum atomic E-state index is -4.17. The molecule has 4 nitrogen and oxygen atoms in total. The topological polar surface area (TPSA) is 62.0 Å². The molecule has 0 aliphatic rings. The number of alkyl halides is 3.